The third kappa shape index (κ3) is 3.60. The minimum absolute atomic E-state index is 0.00209. The van der Waals surface area contributed by atoms with Crippen LogP contribution in [0.2, 0.25) is 0 Å². The Morgan fingerprint density at radius 3 is 2.87 bits per heavy atom. The van der Waals surface area contributed by atoms with Gasteiger partial charge in [-0.1, -0.05) is 12.1 Å². The fraction of sp³-hybridized carbons (Fsp3) is 0.417. The highest BCUT2D eigenvalue weighted by atomic mass is 19.1. The monoisotopic (exact) mass is 406 g/mol. The zero-order chi connectivity index (χ0) is 20.7. The summed E-state index contributed by atoms with van der Waals surface area (Å²) < 4.78 is 25.6. The molecule has 2 aliphatic heterocycles. The molecular weight excluding hydrogens is 383 g/mol. The van der Waals surface area contributed by atoms with Crippen molar-refractivity contribution < 1.29 is 18.7 Å². The molecule has 5 nitrogen and oxygen atoms in total. The molecular formula is C24H23FN2O3. The first-order chi connectivity index (χ1) is 14.6. The molecule has 2 heterocycles. The molecule has 2 atom stereocenters. The Morgan fingerprint density at radius 2 is 2.17 bits per heavy atom. The van der Waals surface area contributed by atoms with Crippen LogP contribution in [-0.2, 0) is 14.3 Å². The van der Waals surface area contributed by atoms with E-state index in [4.69, 9.17) is 9.47 Å². The predicted molar refractivity (Wildman–Crippen MR) is 108 cm³/mol. The van der Waals surface area contributed by atoms with Gasteiger partial charge in [0.2, 0.25) is 0 Å². The smallest absolute Gasteiger partial charge is 0.169 e. The second kappa shape index (κ2) is 7.82. The second-order valence-electron chi connectivity index (χ2n) is 8.25. The van der Waals surface area contributed by atoms with Crippen molar-refractivity contribution in [3.05, 3.63) is 64.8 Å². The molecule has 6 heteroatoms. The van der Waals surface area contributed by atoms with Crippen molar-refractivity contribution in [3.63, 3.8) is 0 Å². The van der Waals surface area contributed by atoms with E-state index in [1.54, 1.807) is 12.1 Å². The number of fused-ring (bicyclic) bond motifs is 1. The van der Waals surface area contributed by atoms with Crippen molar-refractivity contribution in [2.24, 2.45) is 0 Å². The summed E-state index contributed by atoms with van der Waals surface area (Å²) in [4.78, 5) is 14.7. The first-order valence-corrected chi connectivity index (χ1v) is 10.5. The molecule has 0 spiro atoms. The molecule has 2 aliphatic carbocycles. The molecule has 5 rings (SSSR count). The SMILES string of the molecule is N#CC1=C(c2cccc(F)c2)C2=CC(OCC3CCCO3)C(=O)CC2=CN1C1CC1. The van der Waals surface area contributed by atoms with Gasteiger partial charge in [-0.3, -0.25) is 4.79 Å². The minimum Gasteiger partial charge on any atom is -0.376 e. The summed E-state index contributed by atoms with van der Waals surface area (Å²) in [6.07, 6.45) is 7.27. The van der Waals surface area contributed by atoms with Crippen LogP contribution >= 0.6 is 0 Å². The average Bonchev–Trinajstić information content (AvgIpc) is 3.46. The zero-order valence-electron chi connectivity index (χ0n) is 16.6. The Hall–Kier alpha value is -2.75. The van der Waals surface area contributed by atoms with Crippen LogP contribution < -0.4 is 0 Å². The van der Waals surface area contributed by atoms with E-state index in [-0.39, 0.29) is 30.2 Å². The van der Waals surface area contributed by atoms with Crippen molar-refractivity contribution in [2.45, 2.75) is 50.4 Å². The minimum atomic E-state index is -0.683. The summed E-state index contributed by atoms with van der Waals surface area (Å²) in [5, 5.41) is 9.98. The first kappa shape index (κ1) is 19.2. The van der Waals surface area contributed by atoms with Gasteiger partial charge in [0.25, 0.3) is 0 Å². The van der Waals surface area contributed by atoms with Gasteiger partial charge in [-0.05, 0) is 60.6 Å². The molecule has 0 radical (unpaired) electrons. The van der Waals surface area contributed by atoms with E-state index in [0.29, 0.717) is 23.4 Å². The van der Waals surface area contributed by atoms with Gasteiger partial charge in [-0.25, -0.2) is 4.39 Å². The summed E-state index contributed by atoms with van der Waals surface area (Å²) in [7, 11) is 0. The van der Waals surface area contributed by atoms with Crippen LogP contribution in [0.25, 0.3) is 5.57 Å². The molecule has 0 bridgehead atoms. The first-order valence-electron chi connectivity index (χ1n) is 10.5. The van der Waals surface area contributed by atoms with E-state index in [1.807, 2.05) is 17.2 Å². The summed E-state index contributed by atoms with van der Waals surface area (Å²) in [6, 6.07) is 8.88. The Morgan fingerprint density at radius 1 is 1.30 bits per heavy atom. The van der Waals surface area contributed by atoms with Crippen LogP contribution in [0.1, 0.15) is 37.7 Å². The number of ether oxygens (including phenoxy) is 2. The van der Waals surface area contributed by atoms with E-state index in [1.165, 1.54) is 12.1 Å². The molecule has 0 aromatic heterocycles. The highest BCUT2D eigenvalue weighted by molar-refractivity contribution is 5.98. The maximum atomic E-state index is 14.0. The lowest BCUT2D eigenvalue weighted by atomic mass is 9.81. The molecule has 1 aromatic rings. The second-order valence-corrected chi connectivity index (χ2v) is 8.25. The zero-order valence-corrected chi connectivity index (χ0v) is 16.6. The van der Waals surface area contributed by atoms with Gasteiger partial charge >= 0.3 is 0 Å². The lowest BCUT2D eigenvalue weighted by Gasteiger charge is -2.34. The summed E-state index contributed by atoms with van der Waals surface area (Å²) >= 11 is 0. The molecule has 30 heavy (non-hydrogen) atoms. The van der Waals surface area contributed by atoms with Gasteiger partial charge in [0.1, 0.15) is 23.7 Å². The third-order valence-electron chi connectivity index (χ3n) is 6.05. The van der Waals surface area contributed by atoms with E-state index < -0.39 is 6.10 Å². The Balaban J connectivity index is 1.54. The number of benzene rings is 1. The molecule has 154 valence electrons. The van der Waals surface area contributed by atoms with E-state index in [0.717, 1.165) is 43.4 Å². The van der Waals surface area contributed by atoms with Gasteiger partial charge in [0, 0.05) is 30.8 Å². The molecule has 2 fully saturated rings. The van der Waals surface area contributed by atoms with E-state index >= 15 is 0 Å². The predicted octanol–water partition coefficient (Wildman–Crippen LogP) is 3.89. The highest BCUT2D eigenvalue weighted by Crippen LogP contribution is 2.44. The number of hydrogen-bond acceptors (Lipinski definition) is 5. The molecule has 0 N–H and O–H groups in total. The average molecular weight is 406 g/mol. The van der Waals surface area contributed by atoms with Gasteiger partial charge in [-0.15, -0.1) is 0 Å². The quantitative estimate of drug-likeness (QED) is 0.743. The van der Waals surface area contributed by atoms with Crippen molar-refractivity contribution in [1.82, 2.24) is 4.90 Å². The van der Waals surface area contributed by atoms with Crippen LogP contribution in [-0.4, -0.2) is 42.1 Å². The number of carbonyl (C=O) groups is 1. The molecule has 1 saturated heterocycles. The van der Waals surface area contributed by atoms with Crippen molar-refractivity contribution in [1.29, 1.82) is 5.26 Å². The lowest BCUT2D eigenvalue weighted by molar-refractivity contribution is -0.129. The number of hydrogen-bond donors (Lipinski definition) is 0. The van der Waals surface area contributed by atoms with Gasteiger partial charge in [0.15, 0.2) is 5.78 Å². The number of halogens is 1. The number of nitriles is 1. The Kier molecular flexibility index (Phi) is 5.01. The van der Waals surface area contributed by atoms with Crippen LogP contribution in [0, 0.1) is 17.1 Å². The fourth-order valence-corrected chi connectivity index (χ4v) is 4.40. The molecule has 4 aliphatic rings. The number of carbonyl (C=O) groups excluding carboxylic acids is 1. The van der Waals surface area contributed by atoms with E-state index in [9.17, 15) is 14.4 Å². The number of nitrogens with zero attached hydrogens (tertiary/aromatic N) is 2. The maximum Gasteiger partial charge on any atom is 0.169 e. The van der Waals surface area contributed by atoms with Crippen molar-refractivity contribution in [3.8, 4) is 6.07 Å². The van der Waals surface area contributed by atoms with Gasteiger partial charge in [-0.2, -0.15) is 5.26 Å². The van der Waals surface area contributed by atoms with Crippen molar-refractivity contribution in [2.75, 3.05) is 13.2 Å². The summed E-state index contributed by atoms with van der Waals surface area (Å²) in [5.41, 5.74) is 3.49. The number of ketones is 1. The lowest BCUT2D eigenvalue weighted by Crippen LogP contribution is -2.33. The number of rotatable bonds is 5. The maximum absolute atomic E-state index is 14.0. The third-order valence-corrected chi connectivity index (χ3v) is 6.05. The molecule has 2 unspecified atom stereocenters. The molecule has 1 saturated carbocycles. The van der Waals surface area contributed by atoms with Crippen LogP contribution in [0.4, 0.5) is 4.39 Å². The van der Waals surface area contributed by atoms with Gasteiger partial charge in [0.05, 0.1) is 12.7 Å². The summed E-state index contributed by atoms with van der Waals surface area (Å²) in [5.74, 6) is -0.359. The van der Waals surface area contributed by atoms with Crippen LogP contribution in [0.15, 0.2) is 53.4 Å². The van der Waals surface area contributed by atoms with Crippen LogP contribution in [0.5, 0.6) is 0 Å². The number of allylic oxidation sites excluding steroid dienone is 4. The normalized spacial score (nSPS) is 26.3. The Labute approximate surface area is 175 Å². The Bertz CT molecular complexity index is 1010. The van der Waals surface area contributed by atoms with Crippen LogP contribution in [0.3, 0.4) is 0 Å². The highest BCUT2D eigenvalue weighted by Gasteiger charge is 2.38. The van der Waals surface area contributed by atoms with Crippen molar-refractivity contribution >= 4 is 11.4 Å². The topological polar surface area (TPSA) is 62.6 Å². The standard InChI is InChI=1S/C24H23FN2O3/c25-17-4-1-3-15(9-17)24-20-11-23(30-14-19-5-2-8-29-19)22(28)10-16(20)13-27(18-6-7-18)21(24)12-26/h1,3-4,9,11,13,18-19,23H,2,5-8,10,14H2. The number of Topliss-reactive ketones (excluding diaryl/α,β-unsaturated/α-hetero) is 1. The van der Waals surface area contributed by atoms with Gasteiger partial charge < -0.3 is 14.4 Å². The fourth-order valence-electron chi connectivity index (χ4n) is 4.40. The molecule has 0 amide bonds. The van der Waals surface area contributed by atoms with E-state index in [2.05, 4.69) is 6.07 Å². The summed E-state index contributed by atoms with van der Waals surface area (Å²) in [6.45, 7) is 1.10. The molecule has 1 aromatic carbocycles. The largest absolute Gasteiger partial charge is 0.376 e.